The standard InChI is InChI=1S/C38H24N4O2/c1-2-8-23(9-3-1)24-16-18-25(19-17-24)36-40-37(28-11-6-14-31-34(28)26-10-4-5-13-30(26)43-31)42-38(41-36)29-12-7-15-32-35(29)27-20-21-39-22-33(27)44-32/h1-22,36H,(H,40,41,42). The Bertz CT molecular complexity index is 2420. The van der Waals surface area contributed by atoms with Crippen LogP contribution in [-0.2, 0) is 0 Å². The van der Waals surface area contributed by atoms with Crippen LogP contribution in [0, 0.1) is 0 Å². The average molecular weight is 569 g/mol. The summed E-state index contributed by atoms with van der Waals surface area (Å²) in [6, 6.07) is 41.2. The van der Waals surface area contributed by atoms with Crippen LogP contribution in [0.3, 0.4) is 0 Å². The average Bonchev–Trinajstić information content (AvgIpc) is 3.67. The van der Waals surface area contributed by atoms with Crippen molar-refractivity contribution >= 4 is 55.5 Å². The fourth-order valence-electron chi connectivity index (χ4n) is 6.20. The summed E-state index contributed by atoms with van der Waals surface area (Å²) >= 11 is 0. The summed E-state index contributed by atoms with van der Waals surface area (Å²) in [6.45, 7) is 0. The van der Waals surface area contributed by atoms with Gasteiger partial charge in [-0.1, -0.05) is 97.1 Å². The van der Waals surface area contributed by atoms with Gasteiger partial charge in [0.15, 0.2) is 11.4 Å². The molecule has 0 saturated heterocycles. The molecule has 0 aliphatic carbocycles. The normalized spacial score (nSPS) is 15.0. The van der Waals surface area contributed by atoms with E-state index in [0.717, 1.165) is 72.0 Å². The number of pyridine rings is 1. The maximum atomic E-state index is 6.23. The topological polar surface area (TPSA) is 75.9 Å². The highest BCUT2D eigenvalue weighted by molar-refractivity contribution is 6.25. The Labute approximate surface area is 252 Å². The first kappa shape index (κ1) is 24.6. The van der Waals surface area contributed by atoms with Crippen LogP contribution in [0.25, 0.3) is 55.0 Å². The molecule has 1 N–H and O–H groups in total. The van der Waals surface area contributed by atoms with Gasteiger partial charge in [0.2, 0.25) is 0 Å². The second-order valence-corrected chi connectivity index (χ2v) is 10.9. The summed E-state index contributed by atoms with van der Waals surface area (Å²) in [4.78, 5) is 14.7. The van der Waals surface area contributed by atoms with Crippen molar-refractivity contribution < 1.29 is 8.83 Å². The zero-order valence-corrected chi connectivity index (χ0v) is 23.4. The molecule has 0 bridgehead atoms. The van der Waals surface area contributed by atoms with Crippen molar-refractivity contribution in [2.24, 2.45) is 9.98 Å². The molecule has 0 saturated carbocycles. The molecular weight excluding hydrogens is 544 g/mol. The molecule has 5 aromatic carbocycles. The molecule has 1 aliphatic heterocycles. The Hall–Kier alpha value is -6.01. The SMILES string of the molecule is c1ccc(-c2ccc(C3N=C(c4cccc5oc6cnccc6c45)N=C(c4cccc5oc6ccccc6c45)N3)cc2)cc1. The lowest BCUT2D eigenvalue weighted by Gasteiger charge is -2.24. The fraction of sp³-hybridized carbons (Fsp3) is 0.0263. The lowest BCUT2D eigenvalue weighted by atomic mass is 10.0. The third-order valence-corrected chi connectivity index (χ3v) is 8.27. The molecule has 4 heterocycles. The van der Waals surface area contributed by atoms with Crippen molar-refractivity contribution in [2.75, 3.05) is 0 Å². The lowest BCUT2D eigenvalue weighted by Crippen LogP contribution is -2.33. The van der Waals surface area contributed by atoms with Gasteiger partial charge in [-0.2, -0.15) is 0 Å². The van der Waals surface area contributed by atoms with Gasteiger partial charge in [-0.05, 0) is 41.0 Å². The molecule has 0 amide bonds. The Morgan fingerprint density at radius 1 is 0.545 bits per heavy atom. The summed E-state index contributed by atoms with van der Waals surface area (Å²) in [5.74, 6) is 1.36. The van der Waals surface area contributed by atoms with Crippen molar-refractivity contribution in [1.29, 1.82) is 0 Å². The highest BCUT2D eigenvalue weighted by atomic mass is 16.3. The van der Waals surface area contributed by atoms with Crippen molar-refractivity contribution in [2.45, 2.75) is 6.17 Å². The summed E-state index contributed by atoms with van der Waals surface area (Å²) < 4.78 is 12.4. The van der Waals surface area contributed by atoms with Gasteiger partial charge in [-0.3, -0.25) is 4.98 Å². The lowest BCUT2D eigenvalue weighted by molar-refractivity contribution is 0.666. The van der Waals surface area contributed by atoms with Crippen LogP contribution in [0.1, 0.15) is 22.9 Å². The van der Waals surface area contributed by atoms with Crippen molar-refractivity contribution in [3.63, 3.8) is 0 Å². The first-order chi connectivity index (χ1) is 21.8. The second-order valence-electron chi connectivity index (χ2n) is 10.9. The number of benzene rings is 5. The molecule has 0 spiro atoms. The number of amidine groups is 2. The van der Waals surface area contributed by atoms with E-state index in [1.807, 2.05) is 54.6 Å². The number of hydrogen-bond acceptors (Lipinski definition) is 6. The van der Waals surface area contributed by atoms with Gasteiger partial charge in [0, 0.05) is 38.9 Å². The molecule has 8 aromatic rings. The van der Waals surface area contributed by atoms with E-state index < -0.39 is 0 Å². The number of furan rings is 2. The third kappa shape index (κ3) is 3.92. The van der Waals surface area contributed by atoms with Gasteiger partial charge in [0.1, 0.15) is 28.8 Å². The van der Waals surface area contributed by atoms with Crippen molar-refractivity contribution in [3.05, 3.63) is 150 Å². The summed E-state index contributed by atoms with van der Waals surface area (Å²) in [6.07, 6.45) is 3.17. The van der Waals surface area contributed by atoms with E-state index in [1.54, 1.807) is 12.4 Å². The third-order valence-electron chi connectivity index (χ3n) is 8.27. The zero-order valence-electron chi connectivity index (χ0n) is 23.4. The molecule has 0 fully saturated rings. The highest BCUT2D eigenvalue weighted by Gasteiger charge is 2.25. The van der Waals surface area contributed by atoms with Crippen LogP contribution < -0.4 is 5.32 Å². The van der Waals surface area contributed by atoms with E-state index in [9.17, 15) is 0 Å². The van der Waals surface area contributed by atoms with E-state index in [4.69, 9.17) is 18.8 Å². The first-order valence-electron chi connectivity index (χ1n) is 14.5. The van der Waals surface area contributed by atoms with Crippen LogP contribution in [0.15, 0.2) is 153 Å². The van der Waals surface area contributed by atoms with Gasteiger partial charge in [0.05, 0.1) is 6.20 Å². The van der Waals surface area contributed by atoms with Gasteiger partial charge < -0.3 is 14.2 Å². The monoisotopic (exact) mass is 568 g/mol. The van der Waals surface area contributed by atoms with Crippen molar-refractivity contribution in [1.82, 2.24) is 10.3 Å². The van der Waals surface area contributed by atoms with Crippen LogP contribution in [-0.4, -0.2) is 16.7 Å². The number of para-hydroxylation sites is 1. The number of fused-ring (bicyclic) bond motifs is 6. The van der Waals surface area contributed by atoms with E-state index in [1.165, 1.54) is 5.56 Å². The van der Waals surface area contributed by atoms with Crippen molar-refractivity contribution in [3.8, 4) is 11.1 Å². The zero-order chi connectivity index (χ0) is 29.0. The van der Waals surface area contributed by atoms with Crippen LogP contribution >= 0.6 is 0 Å². The van der Waals surface area contributed by atoms with Crippen LogP contribution in [0.4, 0.5) is 0 Å². The minimum Gasteiger partial charge on any atom is -0.456 e. The summed E-state index contributed by atoms with van der Waals surface area (Å²) in [5.41, 5.74) is 8.39. The maximum Gasteiger partial charge on any atom is 0.160 e. The van der Waals surface area contributed by atoms with Gasteiger partial charge in [0.25, 0.3) is 0 Å². The molecule has 3 aromatic heterocycles. The quantitative estimate of drug-likeness (QED) is 0.230. The number of aromatic nitrogens is 1. The minimum absolute atomic E-state index is 0.370. The highest BCUT2D eigenvalue weighted by Crippen LogP contribution is 2.35. The molecular formula is C38H24N4O2. The number of rotatable bonds is 4. The Morgan fingerprint density at radius 3 is 2.05 bits per heavy atom. The molecule has 1 atom stereocenters. The molecule has 1 aliphatic rings. The van der Waals surface area contributed by atoms with E-state index in [-0.39, 0.29) is 6.17 Å². The van der Waals surface area contributed by atoms with Gasteiger partial charge in [-0.15, -0.1) is 0 Å². The maximum absolute atomic E-state index is 6.23. The largest absolute Gasteiger partial charge is 0.456 e. The number of hydrogen-bond donors (Lipinski definition) is 1. The Kier molecular flexibility index (Phi) is 5.46. The number of nitrogens with one attached hydrogen (secondary N) is 1. The Balaban J connectivity index is 1.24. The first-order valence-corrected chi connectivity index (χ1v) is 14.5. The van der Waals surface area contributed by atoms with E-state index in [2.05, 4.69) is 77.0 Å². The molecule has 44 heavy (non-hydrogen) atoms. The molecule has 6 heteroatoms. The molecule has 6 nitrogen and oxygen atoms in total. The predicted molar refractivity (Wildman–Crippen MR) is 176 cm³/mol. The van der Waals surface area contributed by atoms with Crippen LogP contribution in [0.5, 0.6) is 0 Å². The number of aliphatic imine (C=N–C) groups is 2. The minimum atomic E-state index is -0.370. The van der Waals surface area contributed by atoms with Gasteiger partial charge >= 0.3 is 0 Å². The predicted octanol–water partition coefficient (Wildman–Crippen LogP) is 9.04. The molecule has 1 unspecified atom stereocenters. The summed E-state index contributed by atoms with van der Waals surface area (Å²) in [7, 11) is 0. The second kappa shape index (κ2) is 9.78. The number of nitrogens with zero attached hydrogens (tertiary/aromatic N) is 3. The van der Waals surface area contributed by atoms with E-state index in [0.29, 0.717) is 5.84 Å². The molecule has 208 valence electrons. The van der Waals surface area contributed by atoms with Crippen LogP contribution in [0.2, 0.25) is 0 Å². The fourth-order valence-corrected chi connectivity index (χ4v) is 6.20. The molecule has 9 rings (SSSR count). The summed E-state index contributed by atoms with van der Waals surface area (Å²) in [5, 5.41) is 7.68. The smallest absolute Gasteiger partial charge is 0.160 e. The Morgan fingerprint density at radius 2 is 1.20 bits per heavy atom. The molecule has 0 radical (unpaired) electrons. The van der Waals surface area contributed by atoms with Gasteiger partial charge in [-0.25, -0.2) is 9.98 Å². The van der Waals surface area contributed by atoms with E-state index >= 15 is 0 Å².